The molecule has 0 unspecified atom stereocenters. The van der Waals surface area contributed by atoms with Gasteiger partial charge in [0.2, 0.25) is 0 Å². The van der Waals surface area contributed by atoms with Gasteiger partial charge in [0.05, 0.1) is 0 Å². The molecule has 0 aliphatic carbocycles. The number of hydrogen-bond donors (Lipinski definition) is 1. The van der Waals surface area contributed by atoms with E-state index in [-0.39, 0.29) is 0 Å². The van der Waals surface area contributed by atoms with Gasteiger partial charge in [0, 0.05) is 5.69 Å². The number of rotatable bonds is 0. The van der Waals surface area contributed by atoms with Crippen LogP contribution in [0.5, 0.6) is 0 Å². The summed E-state index contributed by atoms with van der Waals surface area (Å²) in [5, 5.41) is 0. The van der Waals surface area contributed by atoms with E-state index in [1.165, 1.54) is 0 Å². The summed E-state index contributed by atoms with van der Waals surface area (Å²) in [5.74, 6) is 0. The van der Waals surface area contributed by atoms with Crippen molar-refractivity contribution in [3.8, 4) is 0 Å². The maximum Gasteiger partial charge on any atom is 0.268 e. The van der Waals surface area contributed by atoms with Crippen molar-refractivity contribution < 1.29 is 4.42 Å². The van der Waals surface area contributed by atoms with Crippen LogP contribution in [-0.4, -0.2) is 9.97 Å². The zero-order chi connectivity index (χ0) is 7.84. The van der Waals surface area contributed by atoms with Crippen LogP contribution in [0.3, 0.4) is 0 Å². The van der Waals surface area contributed by atoms with Gasteiger partial charge in [-0.2, -0.15) is 0 Å². The van der Waals surface area contributed by atoms with Gasteiger partial charge in [0.25, 0.3) is 4.84 Å². The monoisotopic (exact) mass is 166 g/mol. The fraction of sp³-hybridized carbons (Fsp3) is 0.143. The predicted molar refractivity (Wildman–Crippen MR) is 43.9 cm³/mol. The van der Waals surface area contributed by atoms with E-state index in [1.807, 2.05) is 19.1 Å². The lowest BCUT2D eigenvalue weighted by molar-refractivity contribution is 0.583. The smallest absolute Gasteiger partial charge is 0.268 e. The maximum absolute atomic E-state index is 5.12. The Morgan fingerprint density at radius 3 is 3.18 bits per heavy atom. The van der Waals surface area contributed by atoms with Gasteiger partial charge in [-0.3, -0.25) is 4.98 Å². The first-order valence-corrected chi connectivity index (χ1v) is 3.63. The molecule has 0 amide bonds. The van der Waals surface area contributed by atoms with Crippen LogP contribution in [0.15, 0.2) is 16.5 Å². The van der Waals surface area contributed by atoms with Gasteiger partial charge in [0.15, 0.2) is 11.2 Å². The number of oxazole rings is 1. The summed E-state index contributed by atoms with van der Waals surface area (Å²) in [6.45, 7) is 1.92. The fourth-order valence-electron chi connectivity index (χ4n) is 0.938. The molecule has 3 nitrogen and oxygen atoms in total. The van der Waals surface area contributed by atoms with E-state index in [1.54, 1.807) is 0 Å². The summed E-state index contributed by atoms with van der Waals surface area (Å²) in [6, 6.07) is 3.73. The number of H-pyrrole nitrogens is 1. The number of fused-ring (bicyclic) bond motifs is 1. The van der Waals surface area contributed by atoms with Crippen LogP contribution in [0.2, 0.25) is 0 Å². The number of aromatic amines is 1. The van der Waals surface area contributed by atoms with E-state index >= 15 is 0 Å². The molecule has 0 aliphatic rings. The molecule has 0 aromatic carbocycles. The Labute approximate surface area is 68.1 Å². The normalized spacial score (nSPS) is 10.6. The molecule has 2 aromatic heterocycles. The van der Waals surface area contributed by atoms with E-state index in [9.17, 15) is 0 Å². The van der Waals surface area contributed by atoms with Crippen molar-refractivity contribution in [1.82, 2.24) is 9.97 Å². The Balaban J connectivity index is 2.92. The van der Waals surface area contributed by atoms with Crippen molar-refractivity contribution in [2.45, 2.75) is 6.92 Å². The summed E-state index contributed by atoms with van der Waals surface area (Å²) >= 11 is 4.79. The van der Waals surface area contributed by atoms with Crippen LogP contribution >= 0.6 is 12.2 Å². The highest BCUT2D eigenvalue weighted by Gasteiger charge is 1.97. The molecular weight excluding hydrogens is 160 g/mol. The molecule has 0 spiro atoms. The van der Waals surface area contributed by atoms with E-state index in [0.717, 1.165) is 11.3 Å². The molecule has 0 fully saturated rings. The first-order chi connectivity index (χ1) is 5.25. The summed E-state index contributed by atoms with van der Waals surface area (Å²) < 4.78 is 5.12. The van der Waals surface area contributed by atoms with Gasteiger partial charge >= 0.3 is 0 Å². The zero-order valence-corrected chi connectivity index (χ0v) is 6.73. The van der Waals surface area contributed by atoms with Gasteiger partial charge in [-0.05, 0) is 31.3 Å². The van der Waals surface area contributed by atoms with E-state index in [0.29, 0.717) is 10.4 Å². The zero-order valence-electron chi connectivity index (χ0n) is 5.92. The van der Waals surface area contributed by atoms with Crippen LogP contribution in [0.25, 0.3) is 11.2 Å². The Morgan fingerprint density at radius 2 is 2.36 bits per heavy atom. The standard InChI is InChI=1S/C7H6N2OS/c1-4-2-3-5-6(8-4)9-7(11)10-5/h2-3H,1H3,(H,8,9,11). The van der Waals surface area contributed by atoms with Crippen molar-refractivity contribution in [2.75, 3.05) is 0 Å². The van der Waals surface area contributed by atoms with Crippen molar-refractivity contribution in [3.63, 3.8) is 0 Å². The van der Waals surface area contributed by atoms with Crippen molar-refractivity contribution in [1.29, 1.82) is 0 Å². The lowest BCUT2D eigenvalue weighted by Crippen LogP contribution is -1.79. The molecule has 2 heterocycles. The predicted octanol–water partition coefficient (Wildman–Crippen LogP) is 2.19. The number of nitrogens with zero attached hydrogens (tertiary/aromatic N) is 1. The number of aromatic nitrogens is 2. The molecule has 4 heteroatoms. The van der Waals surface area contributed by atoms with E-state index in [4.69, 9.17) is 16.6 Å². The van der Waals surface area contributed by atoms with Crippen molar-refractivity contribution in [2.24, 2.45) is 0 Å². The molecule has 0 aliphatic heterocycles. The molecule has 0 bridgehead atoms. The minimum Gasteiger partial charge on any atom is -0.428 e. The Kier molecular flexibility index (Phi) is 1.29. The second-order valence-corrected chi connectivity index (χ2v) is 2.68. The average Bonchev–Trinajstić information content (AvgIpc) is 2.27. The maximum atomic E-state index is 5.12. The lowest BCUT2D eigenvalue weighted by atomic mass is 10.4. The highest BCUT2D eigenvalue weighted by Crippen LogP contribution is 2.10. The molecular formula is C7H6N2OS. The van der Waals surface area contributed by atoms with Crippen molar-refractivity contribution >= 4 is 23.4 Å². The van der Waals surface area contributed by atoms with Gasteiger partial charge in [-0.15, -0.1) is 0 Å². The summed E-state index contributed by atoms with van der Waals surface area (Å²) in [7, 11) is 0. The van der Waals surface area contributed by atoms with Gasteiger partial charge < -0.3 is 4.42 Å². The second kappa shape index (κ2) is 2.17. The highest BCUT2D eigenvalue weighted by molar-refractivity contribution is 7.71. The third-order valence-electron chi connectivity index (χ3n) is 1.42. The van der Waals surface area contributed by atoms with Crippen LogP contribution < -0.4 is 0 Å². The molecule has 56 valence electrons. The molecule has 0 radical (unpaired) electrons. The third kappa shape index (κ3) is 1.05. The second-order valence-electron chi connectivity index (χ2n) is 2.31. The Morgan fingerprint density at radius 1 is 1.55 bits per heavy atom. The van der Waals surface area contributed by atoms with Crippen LogP contribution in [-0.2, 0) is 0 Å². The summed E-state index contributed by atoms with van der Waals surface area (Å²) in [4.78, 5) is 7.39. The van der Waals surface area contributed by atoms with Crippen molar-refractivity contribution in [3.05, 3.63) is 22.7 Å². The minimum atomic E-state index is 0.373. The molecule has 2 rings (SSSR count). The minimum absolute atomic E-state index is 0.373. The number of nitrogens with one attached hydrogen (secondary N) is 1. The first-order valence-electron chi connectivity index (χ1n) is 3.22. The van der Waals surface area contributed by atoms with Gasteiger partial charge in [-0.25, -0.2) is 4.98 Å². The van der Waals surface area contributed by atoms with Gasteiger partial charge in [0.1, 0.15) is 0 Å². The molecule has 11 heavy (non-hydrogen) atoms. The lowest BCUT2D eigenvalue weighted by Gasteiger charge is -1.87. The molecule has 0 saturated carbocycles. The topological polar surface area (TPSA) is 41.8 Å². The van der Waals surface area contributed by atoms with Crippen LogP contribution in [0, 0.1) is 11.8 Å². The Hall–Kier alpha value is -1.16. The largest absolute Gasteiger partial charge is 0.428 e. The van der Waals surface area contributed by atoms with E-state index < -0.39 is 0 Å². The quantitative estimate of drug-likeness (QED) is 0.610. The Bertz CT molecular complexity index is 443. The number of pyridine rings is 1. The van der Waals surface area contributed by atoms with E-state index in [2.05, 4.69) is 9.97 Å². The first kappa shape index (κ1) is 6.54. The summed E-state index contributed by atoms with van der Waals surface area (Å²) in [5.41, 5.74) is 2.38. The molecule has 0 atom stereocenters. The van der Waals surface area contributed by atoms with Crippen LogP contribution in [0.1, 0.15) is 5.69 Å². The molecule has 2 aromatic rings. The number of aryl methyl sites for hydroxylation is 1. The SMILES string of the molecule is Cc1ccc2oc(=S)[nH]c2n1. The molecule has 0 saturated heterocycles. The van der Waals surface area contributed by atoms with Gasteiger partial charge in [-0.1, -0.05) is 0 Å². The average molecular weight is 166 g/mol. The van der Waals surface area contributed by atoms with Crippen LogP contribution in [0.4, 0.5) is 0 Å². The third-order valence-corrected chi connectivity index (χ3v) is 1.61. The molecule has 1 N–H and O–H groups in total. The fourth-order valence-corrected chi connectivity index (χ4v) is 1.12. The highest BCUT2D eigenvalue weighted by atomic mass is 32.1. The summed E-state index contributed by atoms with van der Waals surface area (Å²) in [6.07, 6.45) is 0. The number of hydrogen-bond acceptors (Lipinski definition) is 3.